The lowest BCUT2D eigenvalue weighted by Crippen LogP contribution is -2.42. The molecule has 11 heteroatoms. The van der Waals surface area contributed by atoms with Crippen LogP contribution in [-0.2, 0) is 14.3 Å². The minimum atomic E-state index is -0.504. The van der Waals surface area contributed by atoms with Crippen LogP contribution in [0.2, 0.25) is 0 Å². The minimum absolute atomic E-state index is 0.121. The SMILES string of the molecule is COc1cc(C=CC(=O)CC(=O)C=Cc2ccc(OC(=O)N(C)CCN3CCOCC3)c(OC)c2)ccc1OCCO. The topological polar surface area (TPSA) is 124 Å². The number of morpholine rings is 1. The number of aliphatic hydroxyl groups is 1. The lowest BCUT2D eigenvalue weighted by molar-refractivity contribution is -0.121. The van der Waals surface area contributed by atoms with Crippen LogP contribution in [-0.4, -0.2) is 106 Å². The van der Waals surface area contributed by atoms with Crippen molar-refractivity contribution in [2.24, 2.45) is 0 Å². The summed E-state index contributed by atoms with van der Waals surface area (Å²) in [4.78, 5) is 41.0. The molecule has 2 aromatic carbocycles. The standard InChI is InChI=1S/C31H38N2O9/c1-32(12-13-33-14-17-40-18-15-33)31(37)42-28-11-7-24(21-30(28)39-3)5-9-26(36)22-25(35)8-4-23-6-10-27(41-19-16-34)29(20-23)38-2/h4-11,20-21,34H,12-19,22H2,1-3H3. The van der Waals surface area contributed by atoms with Gasteiger partial charge in [-0.1, -0.05) is 24.3 Å². The Kier molecular flexibility index (Phi) is 13.0. The van der Waals surface area contributed by atoms with E-state index in [1.54, 1.807) is 55.6 Å². The lowest BCUT2D eigenvalue weighted by atomic mass is 10.1. The molecular formula is C31H38N2O9. The Hall–Kier alpha value is -4.19. The third kappa shape index (κ3) is 10.3. The van der Waals surface area contributed by atoms with Crippen molar-refractivity contribution in [3.63, 3.8) is 0 Å². The fourth-order valence-electron chi connectivity index (χ4n) is 3.98. The number of hydrogen-bond acceptors (Lipinski definition) is 10. The van der Waals surface area contributed by atoms with E-state index < -0.39 is 6.09 Å². The maximum Gasteiger partial charge on any atom is 0.415 e. The molecule has 0 bridgehead atoms. The summed E-state index contributed by atoms with van der Waals surface area (Å²) in [5.74, 6) is 0.804. The fourth-order valence-corrected chi connectivity index (χ4v) is 3.98. The summed E-state index contributed by atoms with van der Waals surface area (Å²) in [6.07, 6.45) is 5.00. The van der Waals surface area contributed by atoms with Gasteiger partial charge in [-0.2, -0.15) is 0 Å². The first-order valence-corrected chi connectivity index (χ1v) is 13.6. The maximum atomic E-state index is 12.6. The van der Waals surface area contributed by atoms with Gasteiger partial charge in [0.1, 0.15) is 6.61 Å². The normalized spacial score (nSPS) is 13.7. The predicted octanol–water partition coefficient (Wildman–Crippen LogP) is 3.09. The molecule has 1 N–H and O–H groups in total. The zero-order chi connectivity index (χ0) is 30.3. The van der Waals surface area contributed by atoms with Gasteiger partial charge in [0.05, 0.1) is 40.5 Å². The summed E-state index contributed by atoms with van der Waals surface area (Å²) in [6, 6.07) is 10.0. The Bertz CT molecular complexity index is 1270. The summed E-state index contributed by atoms with van der Waals surface area (Å²) in [7, 11) is 4.63. The van der Waals surface area contributed by atoms with Crippen LogP contribution in [0.15, 0.2) is 48.6 Å². The largest absolute Gasteiger partial charge is 0.493 e. The number of amides is 1. The maximum absolute atomic E-state index is 12.6. The molecule has 0 radical (unpaired) electrons. The van der Waals surface area contributed by atoms with E-state index in [1.807, 2.05) is 0 Å². The molecule has 2 aromatic rings. The van der Waals surface area contributed by atoms with Crippen LogP contribution in [0.25, 0.3) is 12.2 Å². The van der Waals surface area contributed by atoms with Crippen molar-refractivity contribution in [3.8, 4) is 23.0 Å². The summed E-state index contributed by atoms with van der Waals surface area (Å²) < 4.78 is 26.9. The van der Waals surface area contributed by atoms with E-state index in [2.05, 4.69) is 4.90 Å². The van der Waals surface area contributed by atoms with Crippen LogP contribution in [0.5, 0.6) is 23.0 Å². The van der Waals surface area contributed by atoms with Gasteiger partial charge in [0, 0.05) is 33.2 Å². The van der Waals surface area contributed by atoms with Crippen LogP contribution in [0.1, 0.15) is 17.5 Å². The summed E-state index contributed by atoms with van der Waals surface area (Å²) in [6.45, 7) is 4.33. The fraction of sp³-hybridized carbons (Fsp3) is 0.387. The monoisotopic (exact) mass is 582 g/mol. The number of carbonyl (C=O) groups excluding carboxylic acids is 3. The molecule has 0 aromatic heterocycles. The van der Waals surface area contributed by atoms with E-state index in [0.29, 0.717) is 48.1 Å². The number of rotatable bonds is 15. The molecule has 1 fully saturated rings. The van der Waals surface area contributed by atoms with E-state index in [9.17, 15) is 14.4 Å². The summed E-state index contributed by atoms with van der Waals surface area (Å²) >= 11 is 0. The van der Waals surface area contributed by atoms with Crippen molar-refractivity contribution in [1.29, 1.82) is 0 Å². The molecule has 42 heavy (non-hydrogen) atoms. The molecule has 1 amide bonds. The minimum Gasteiger partial charge on any atom is -0.493 e. The molecule has 11 nitrogen and oxygen atoms in total. The van der Waals surface area contributed by atoms with Crippen molar-refractivity contribution in [1.82, 2.24) is 9.80 Å². The van der Waals surface area contributed by atoms with Crippen molar-refractivity contribution in [2.45, 2.75) is 6.42 Å². The molecule has 0 saturated carbocycles. The van der Waals surface area contributed by atoms with Crippen molar-refractivity contribution in [3.05, 3.63) is 59.7 Å². The van der Waals surface area contributed by atoms with Gasteiger partial charge in [-0.3, -0.25) is 14.5 Å². The molecule has 0 aliphatic carbocycles. The first kappa shape index (κ1) is 32.3. The predicted molar refractivity (Wildman–Crippen MR) is 157 cm³/mol. The Morgan fingerprint density at radius 3 is 2.05 bits per heavy atom. The van der Waals surface area contributed by atoms with E-state index in [-0.39, 0.29) is 37.0 Å². The molecule has 226 valence electrons. The molecule has 1 aliphatic heterocycles. The van der Waals surface area contributed by atoms with Crippen LogP contribution in [0.3, 0.4) is 0 Å². The van der Waals surface area contributed by atoms with Gasteiger partial charge < -0.3 is 33.7 Å². The zero-order valence-electron chi connectivity index (χ0n) is 24.2. The number of carbonyl (C=O) groups is 3. The molecule has 0 unspecified atom stereocenters. The Morgan fingerprint density at radius 2 is 1.48 bits per heavy atom. The van der Waals surface area contributed by atoms with Gasteiger partial charge in [0.25, 0.3) is 0 Å². The van der Waals surface area contributed by atoms with Crippen LogP contribution < -0.4 is 18.9 Å². The highest BCUT2D eigenvalue weighted by Gasteiger charge is 2.17. The summed E-state index contributed by atoms with van der Waals surface area (Å²) in [5.41, 5.74) is 1.33. The first-order valence-electron chi connectivity index (χ1n) is 13.6. The van der Waals surface area contributed by atoms with E-state index in [0.717, 1.165) is 19.6 Å². The molecule has 0 atom stereocenters. The highest BCUT2D eigenvalue weighted by atomic mass is 16.6. The van der Waals surface area contributed by atoms with E-state index in [4.69, 9.17) is 28.8 Å². The molecule has 1 heterocycles. The highest BCUT2D eigenvalue weighted by molar-refractivity contribution is 6.10. The summed E-state index contributed by atoms with van der Waals surface area (Å²) in [5, 5.41) is 8.92. The first-order chi connectivity index (χ1) is 20.3. The second-order valence-corrected chi connectivity index (χ2v) is 9.41. The van der Waals surface area contributed by atoms with Crippen LogP contribution >= 0.6 is 0 Å². The number of ketones is 2. The number of aliphatic hydroxyl groups excluding tert-OH is 1. The second-order valence-electron chi connectivity index (χ2n) is 9.41. The number of hydrogen-bond donors (Lipinski definition) is 1. The number of ether oxygens (including phenoxy) is 5. The van der Waals surface area contributed by atoms with Gasteiger partial charge in [-0.05, 0) is 47.5 Å². The third-order valence-electron chi connectivity index (χ3n) is 6.36. The average molecular weight is 583 g/mol. The second kappa shape index (κ2) is 16.9. The molecular weight excluding hydrogens is 544 g/mol. The van der Waals surface area contributed by atoms with E-state index in [1.165, 1.54) is 31.3 Å². The quantitative estimate of drug-likeness (QED) is 0.248. The Morgan fingerprint density at radius 1 is 0.905 bits per heavy atom. The van der Waals surface area contributed by atoms with Crippen LogP contribution in [0, 0.1) is 0 Å². The Labute approximate surface area is 245 Å². The molecule has 3 rings (SSSR count). The van der Waals surface area contributed by atoms with Crippen molar-refractivity contribution < 1.29 is 43.2 Å². The van der Waals surface area contributed by atoms with Crippen molar-refractivity contribution >= 4 is 29.8 Å². The average Bonchev–Trinajstić information content (AvgIpc) is 3.01. The highest BCUT2D eigenvalue weighted by Crippen LogP contribution is 2.30. The molecule has 1 saturated heterocycles. The van der Waals surface area contributed by atoms with Gasteiger partial charge in [-0.25, -0.2) is 4.79 Å². The van der Waals surface area contributed by atoms with Gasteiger partial charge in [-0.15, -0.1) is 0 Å². The number of methoxy groups -OCH3 is 2. The smallest absolute Gasteiger partial charge is 0.415 e. The number of nitrogens with zero attached hydrogens (tertiary/aromatic N) is 2. The Balaban J connectivity index is 1.51. The van der Waals surface area contributed by atoms with Crippen LogP contribution in [0.4, 0.5) is 4.79 Å². The van der Waals surface area contributed by atoms with Gasteiger partial charge in [0.2, 0.25) is 0 Å². The molecule has 0 spiro atoms. The third-order valence-corrected chi connectivity index (χ3v) is 6.36. The van der Waals surface area contributed by atoms with Gasteiger partial charge >= 0.3 is 6.09 Å². The number of likely N-dealkylation sites (N-methyl/N-ethyl adjacent to an activating group) is 1. The lowest BCUT2D eigenvalue weighted by Gasteiger charge is -2.28. The molecule has 1 aliphatic rings. The number of allylic oxidation sites excluding steroid dienone is 2. The van der Waals surface area contributed by atoms with Crippen molar-refractivity contribution in [2.75, 3.05) is 73.9 Å². The van der Waals surface area contributed by atoms with Gasteiger partial charge in [0.15, 0.2) is 34.6 Å². The van der Waals surface area contributed by atoms with E-state index >= 15 is 0 Å². The zero-order valence-corrected chi connectivity index (χ0v) is 24.2. The number of benzene rings is 2.